The molecule has 0 unspecified atom stereocenters. The van der Waals surface area contributed by atoms with Crippen LogP contribution in [0.1, 0.15) is 10.4 Å². The Labute approximate surface area is 113 Å². The first kappa shape index (κ1) is 14.7. The molecule has 0 fully saturated rings. The predicted octanol–water partition coefficient (Wildman–Crippen LogP) is 0.811. The molecule has 0 spiro atoms. The molecule has 9 heteroatoms. The first-order valence-electron chi connectivity index (χ1n) is 4.46. The normalized spacial score (nSPS) is 11.1. The van der Waals surface area contributed by atoms with Crippen molar-refractivity contribution in [3.8, 4) is 0 Å². The highest BCUT2D eigenvalue weighted by molar-refractivity contribution is 7.90. The van der Waals surface area contributed by atoms with Crippen molar-refractivity contribution in [2.75, 3.05) is 6.26 Å². The summed E-state index contributed by atoms with van der Waals surface area (Å²) in [6.45, 7) is 0. The van der Waals surface area contributed by atoms with Crippen LogP contribution in [0.25, 0.3) is 0 Å². The van der Waals surface area contributed by atoms with Gasteiger partial charge in [-0.1, -0.05) is 23.2 Å². The maximum absolute atomic E-state index is 11.6. The minimum absolute atomic E-state index is 0.0752. The fourth-order valence-corrected chi connectivity index (χ4v) is 2.25. The molecule has 0 aliphatic rings. The summed E-state index contributed by atoms with van der Waals surface area (Å²) in [5, 5.41) is -0.187. The summed E-state index contributed by atoms with van der Waals surface area (Å²) < 4.78 is 22.8. The van der Waals surface area contributed by atoms with Crippen molar-refractivity contribution in [1.29, 1.82) is 0 Å². The van der Waals surface area contributed by atoms with Gasteiger partial charge in [-0.05, 0) is 12.1 Å². The Kier molecular flexibility index (Phi) is 4.20. The number of carbonyl (C=O) groups is 1. The number of halogens is 2. The molecule has 0 saturated heterocycles. The number of aliphatic imine (C=N–C) groups is 1. The first-order chi connectivity index (χ1) is 8.12. The Bertz CT molecular complexity index is 637. The van der Waals surface area contributed by atoms with E-state index in [0.29, 0.717) is 0 Å². The monoisotopic (exact) mass is 309 g/mol. The van der Waals surface area contributed by atoms with E-state index in [-0.39, 0.29) is 20.5 Å². The number of nitrogens with two attached hydrogens (primary N) is 2. The predicted molar refractivity (Wildman–Crippen MR) is 69.7 cm³/mol. The number of hydrogen-bond donors (Lipinski definition) is 2. The smallest absolute Gasteiger partial charge is 0.281 e. The minimum atomic E-state index is -3.53. The van der Waals surface area contributed by atoms with Gasteiger partial charge in [0.1, 0.15) is 0 Å². The quantitative estimate of drug-likeness (QED) is 0.619. The van der Waals surface area contributed by atoms with Crippen molar-refractivity contribution >= 4 is 44.9 Å². The van der Waals surface area contributed by atoms with E-state index in [4.69, 9.17) is 34.7 Å². The van der Waals surface area contributed by atoms with Crippen LogP contribution in [0.15, 0.2) is 22.0 Å². The molecule has 98 valence electrons. The van der Waals surface area contributed by atoms with E-state index in [0.717, 1.165) is 18.4 Å². The van der Waals surface area contributed by atoms with E-state index in [9.17, 15) is 13.2 Å². The van der Waals surface area contributed by atoms with Gasteiger partial charge in [-0.25, -0.2) is 8.42 Å². The number of carbonyl (C=O) groups excluding carboxylic acids is 1. The molecule has 18 heavy (non-hydrogen) atoms. The van der Waals surface area contributed by atoms with Crippen LogP contribution in [0.2, 0.25) is 10.0 Å². The minimum Gasteiger partial charge on any atom is -0.370 e. The zero-order chi connectivity index (χ0) is 14.1. The van der Waals surface area contributed by atoms with Crippen LogP contribution in [0.3, 0.4) is 0 Å². The molecule has 0 radical (unpaired) electrons. The Hall–Kier alpha value is -1.31. The highest BCUT2D eigenvalue weighted by atomic mass is 35.5. The number of nitrogens with zero attached hydrogens (tertiary/aromatic N) is 1. The summed E-state index contributed by atoms with van der Waals surface area (Å²) in [7, 11) is -3.53. The van der Waals surface area contributed by atoms with E-state index in [1.807, 2.05) is 0 Å². The van der Waals surface area contributed by atoms with Crippen molar-refractivity contribution in [2.45, 2.75) is 4.90 Å². The van der Waals surface area contributed by atoms with Gasteiger partial charge in [-0.2, -0.15) is 4.99 Å². The Balaban J connectivity index is 3.50. The summed E-state index contributed by atoms with van der Waals surface area (Å²) in [5.41, 5.74) is 9.93. The Morgan fingerprint density at radius 2 is 1.83 bits per heavy atom. The number of hydrogen-bond acceptors (Lipinski definition) is 3. The highest BCUT2D eigenvalue weighted by Crippen LogP contribution is 2.30. The molecule has 4 N–H and O–H groups in total. The molecule has 1 amide bonds. The number of rotatable bonds is 2. The number of amides is 1. The van der Waals surface area contributed by atoms with Crippen LogP contribution in [-0.2, 0) is 9.84 Å². The standard InChI is InChI=1S/C9H9Cl2N3O3S/c1-18(16,17)4-2-5(7(11)6(10)3-4)8(15)14-9(12)13/h2-3H,1H3,(H4,12,13,14,15). The summed E-state index contributed by atoms with van der Waals surface area (Å²) >= 11 is 11.5. The first-order valence-corrected chi connectivity index (χ1v) is 7.10. The molecule has 0 aliphatic carbocycles. The molecule has 0 saturated carbocycles. The van der Waals surface area contributed by atoms with E-state index < -0.39 is 21.7 Å². The molecular weight excluding hydrogens is 301 g/mol. The third kappa shape index (κ3) is 3.34. The Morgan fingerprint density at radius 1 is 1.28 bits per heavy atom. The summed E-state index contributed by atoms with van der Waals surface area (Å²) in [4.78, 5) is 14.7. The molecule has 1 rings (SSSR count). The third-order valence-electron chi connectivity index (χ3n) is 1.89. The number of guanidine groups is 1. The molecule has 0 aromatic heterocycles. The van der Waals surface area contributed by atoms with Gasteiger partial charge in [0, 0.05) is 6.26 Å². The van der Waals surface area contributed by atoms with Gasteiger partial charge in [0.15, 0.2) is 15.8 Å². The maximum Gasteiger partial charge on any atom is 0.281 e. The zero-order valence-electron chi connectivity index (χ0n) is 9.15. The van der Waals surface area contributed by atoms with Gasteiger partial charge in [-0.15, -0.1) is 0 Å². The van der Waals surface area contributed by atoms with E-state index in [1.54, 1.807) is 0 Å². The summed E-state index contributed by atoms with van der Waals surface area (Å²) in [5.74, 6) is -1.33. The topological polar surface area (TPSA) is 116 Å². The van der Waals surface area contributed by atoms with Crippen LogP contribution < -0.4 is 11.5 Å². The fraction of sp³-hybridized carbons (Fsp3) is 0.111. The second-order valence-electron chi connectivity index (χ2n) is 3.38. The van der Waals surface area contributed by atoms with Crippen LogP contribution in [0.5, 0.6) is 0 Å². The molecular formula is C9H9Cl2N3O3S. The van der Waals surface area contributed by atoms with Gasteiger partial charge in [-0.3, -0.25) is 4.79 Å². The molecule has 0 bridgehead atoms. The fourth-order valence-electron chi connectivity index (χ4n) is 1.11. The summed E-state index contributed by atoms with van der Waals surface area (Å²) in [6.07, 6.45) is 0.974. The van der Waals surface area contributed by atoms with Gasteiger partial charge in [0.05, 0.1) is 20.5 Å². The maximum atomic E-state index is 11.6. The van der Waals surface area contributed by atoms with E-state index in [1.165, 1.54) is 0 Å². The second kappa shape index (κ2) is 5.13. The van der Waals surface area contributed by atoms with Gasteiger partial charge < -0.3 is 11.5 Å². The number of benzene rings is 1. The third-order valence-corrected chi connectivity index (χ3v) is 3.78. The molecule has 6 nitrogen and oxygen atoms in total. The van der Waals surface area contributed by atoms with Crippen molar-refractivity contribution in [3.05, 3.63) is 27.7 Å². The lowest BCUT2D eigenvalue weighted by molar-refractivity contribution is 0.100. The van der Waals surface area contributed by atoms with Crippen LogP contribution in [0.4, 0.5) is 0 Å². The van der Waals surface area contributed by atoms with Gasteiger partial charge >= 0.3 is 0 Å². The van der Waals surface area contributed by atoms with Gasteiger partial charge in [0.2, 0.25) is 0 Å². The Morgan fingerprint density at radius 3 is 2.28 bits per heavy atom. The van der Waals surface area contributed by atoms with Crippen molar-refractivity contribution in [1.82, 2.24) is 0 Å². The SMILES string of the molecule is CS(=O)(=O)c1cc(Cl)c(Cl)c(C(=O)N=C(N)N)c1. The summed E-state index contributed by atoms with van der Waals surface area (Å²) in [6, 6.07) is 2.21. The second-order valence-corrected chi connectivity index (χ2v) is 6.18. The van der Waals surface area contributed by atoms with E-state index >= 15 is 0 Å². The van der Waals surface area contributed by atoms with Crippen molar-refractivity contribution < 1.29 is 13.2 Å². The molecule has 0 aliphatic heterocycles. The zero-order valence-corrected chi connectivity index (χ0v) is 11.5. The lowest BCUT2D eigenvalue weighted by Gasteiger charge is -2.06. The van der Waals surface area contributed by atoms with Crippen LogP contribution in [-0.4, -0.2) is 26.5 Å². The average molecular weight is 310 g/mol. The van der Waals surface area contributed by atoms with Crippen LogP contribution in [0, 0.1) is 0 Å². The molecule has 1 aromatic carbocycles. The van der Waals surface area contributed by atoms with Crippen molar-refractivity contribution in [3.63, 3.8) is 0 Å². The average Bonchev–Trinajstić information content (AvgIpc) is 2.18. The molecule has 0 atom stereocenters. The van der Waals surface area contributed by atoms with Crippen molar-refractivity contribution in [2.24, 2.45) is 16.5 Å². The van der Waals surface area contributed by atoms with Gasteiger partial charge in [0.25, 0.3) is 5.91 Å². The highest BCUT2D eigenvalue weighted by Gasteiger charge is 2.18. The lowest BCUT2D eigenvalue weighted by atomic mass is 10.2. The lowest BCUT2D eigenvalue weighted by Crippen LogP contribution is -2.24. The van der Waals surface area contributed by atoms with E-state index in [2.05, 4.69) is 4.99 Å². The van der Waals surface area contributed by atoms with Crippen LogP contribution >= 0.6 is 23.2 Å². The molecule has 0 heterocycles. The molecule has 1 aromatic rings. The largest absolute Gasteiger partial charge is 0.370 e. The number of sulfone groups is 1.